The molecule has 0 aliphatic heterocycles. The second-order valence-corrected chi connectivity index (χ2v) is 5.00. The van der Waals surface area contributed by atoms with Crippen molar-refractivity contribution < 1.29 is 9.47 Å². The first-order valence-corrected chi connectivity index (χ1v) is 7.02. The van der Waals surface area contributed by atoms with Crippen molar-refractivity contribution in [2.24, 2.45) is 0 Å². The molecule has 1 aromatic carbocycles. The second kappa shape index (κ2) is 8.31. The number of benzene rings is 1. The first-order valence-electron chi connectivity index (χ1n) is 7.02. The van der Waals surface area contributed by atoms with Crippen LogP contribution >= 0.6 is 0 Å². The highest BCUT2D eigenvalue weighted by Crippen LogP contribution is 2.19. The quantitative estimate of drug-likeness (QED) is 0.784. The number of rotatable bonds is 8. The highest BCUT2D eigenvalue weighted by molar-refractivity contribution is 5.33. The van der Waals surface area contributed by atoms with Crippen LogP contribution < -0.4 is 5.32 Å². The van der Waals surface area contributed by atoms with Gasteiger partial charge in [-0.15, -0.1) is 0 Å². The van der Waals surface area contributed by atoms with Crippen LogP contribution in [0.2, 0.25) is 0 Å². The number of ether oxygens (including phenoxy) is 2. The Morgan fingerprint density at radius 2 is 1.95 bits per heavy atom. The molecular weight excluding hydrogens is 238 g/mol. The molecule has 0 aliphatic carbocycles. The Bertz CT molecular complexity index is 379. The zero-order valence-corrected chi connectivity index (χ0v) is 12.8. The first-order chi connectivity index (χ1) is 9.08. The lowest BCUT2D eigenvalue weighted by Crippen LogP contribution is -2.26. The maximum absolute atomic E-state index is 5.86. The van der Waals surface area contributed by atoms with Crippen LogP contribution in [-0.2, 0) is 9.47 Å². The van der Waals surface area contributed by atoms with Gasteiger partial charge >= 0.3 is 0 Å². The lowest BCUT2D eigenvalue weighted by atomic mass is 9.99. The van der Waals surface area contributed by atoms with Gasteiger partial charge in [0.1, 0.15) is 0 Å². The van der Waals surface area contributed by atoms with Crippen LogP contribution in [0.15, 0.2) is 18.2 Å². The molecule has 0 spiro atoms. The van der Waals surface area contributed by atoms with Gasteiger partial charge in [0.2, 0.25) is 0 Å². The van der Waals surface area contributed by atoms with E-state index in [2.05, 4.69) is 37.4 Å². The van der Waals surface area contributed by atoms with Gasteiger partial charge in [0.15, 0.2) is 0 Å². The van der Waals surface area contributed by atoms with Crippen molar-refractivity contribution in [1.82, 2.24) is 5.32 Å². The summed E-state index contributed by atoms with van der Waals surface area (Å²) in [6, 6.07) is 6.76. The number of hydrogen-bond donors (Lipinski definition) is 1. The van der Waals surface area contributed by atoms with Crippen molar-refractivity contribution in [1.29, 1.82) is 0 Å². The van der Waals surface area contributed by atoms with Gasteiger partial charge in [-0.05, 0) is 45.9 Å². The third kappa shape index (κ3) is 5.31. The maximum atomic E-state index is 5.86. The summed E-state index contributed by atoms with van der Waals surface area (Å²) in [4.78, 5) is 0. The average Bonchev–Trinajstić information content (AvgIpc) is 2.40. The number of aryl methyl sites for hydroxylation is 2. The van der Waals surface area contributed by atoms with Crippen LogP contribution in [0.5, 0.6) is 0 Å². The van der Waals surface area contributed by atoms with Gasteiger partial charge in [0, 0.05) is 6.61 Å². The summed E-state index contributed by atoms with van der Waals surface area (Å²) in [7, 11) is 1.98. The molecule has 0 saturated carbocycles. The molecule has 0 radical (unpaired) electrons. The van der Waals surface area contributed by atoms with Crippen molar-refractivity contribution in [3.63, 3.8) is 0 Å². The van der Waals surface area contributed by atoms with E-state index in [1.807, 2.05) is 20.9 Å². The molecule has 0 aliphatic rings. The Morgan fingerprint density at radius 3 is 2.58 bits per heavy atom. The topological polar surface area (TPSA) is 30.5 Å². The van der Waals surface area contributed by atoms with Gasteiger partial charge in [-0.1, -0.05) is 23.8 Å². The number of hydrogen-bond acceptors (Lipinski definition) is 3. The van der Waals surface area contributed by atoms with Crippen LogP contribution in [-0.4, -0.2) is 33.0 Å². The van der Waals surface area contributed by atoms with E-state index in [4.69, 9.17) is 9.47 Å². The Labute approximate surface area is 117 Å². The van der Waals surface area contributed by atoms with E-state index in [1.165, 1.54) is 16.7 Å². The molecule has 1 rings (SSSR count). The van der Waals surface area contributed by atoms with E-state index in [0.717, 1.165) is 6.61 Å². The predicted octanol–water partition coefficient (Wildman–Crippen LogP) is 3.01. The Kier molecular flexibility index (Phi) is 7.06. The minimum Gasteiger partial charge on any atom is -0.379 e. The molecule has 0 amide bonds. The molecule has 2 unspecified atom stereocenters. The van der Waals surface area contributed by atoms with E-state index in [1.54, 1.807) is 0 Å². The van der Waals surface area contributed by atoms with E-state index in [0.29, 0.717) is 13.2 Å². The van der Waals surface area contributed by atoms with Crippen molar-refractivity contribution in [2.75, 3.05) is 26.9 Å². The summed E-state index contributed by atoms with van der Waals surface area (Å²) >= 11 is 0. The summed E-state index contributed by atoms with van der Waals surface area (Å²) in [6.45, 7) is 10.4. The fourth-order valence-electron chi connectivity index (χ4n) is 2.06. The summed E-state index contributed by atoms with van der Waals surface area (Å²) in [5, 5.41) is 3.33. The van der Waals surface area contributed by atoms with E-state index >= 15 is 0 Å². The lowest BCUT2D eigenvalue weighted by Gasteiger charge is -2.22. The minimum absolute atomic E-state index is 0.126. The summed E-state index contributed by atoms with van der Waals surface area (Å²) < 4.78 is 11.2. The first kappa shape index (κ1) is 16.2. The van der Waals surface area contributed by atoms with E-state index in [-0.39, 0.29) is 12.1 Å². The Hall–Kier alpha value is -0.900. The molecule has 0 fully saturated rings. The van der Waals surface area contributed by atoms with Crippen LogP contribution in [0.4, 0.5) is 0 Å². The van der Waals surface area contributed by atoms with Crippen molar-refractivity contribution in [3.05, 3.63) is 34.9 Å². The normalized spacial score (nSPS) is 14.4. The molecule has 3 heteroatoms. The van der Waals surface area contributed by atoms with Gasteiger partial charge in [-0.3, -0.25) is 0 Å². The minimum atomic E-state index is 0.126. The third-order valence-corrected chi connectivity index (χ3v) is 3.26. The molecule has 2 atom stereocenters. The Balaban J connectivity index is 2.60. The number of nitrogens with one attached hydrogen (secondary N) is 1. The van der Waals surface area contributed by atoms with Gasteiger partial charge < -0.3 is 14.8 Å². The fourth-order valence-corrected chi connectivity index (χ4v) is 2.06. The lowest BCUT2D eigenvalue weighted by molar-refractivity contribution is -0.0110. The van der Waals surface area contributed by atoms with Crippen molar-refractivity contribution in [2.45, 2.75) is 39.8 Å². The number of likely N-dealkylation sites (N-methyl/N-ethyl adjacent to an activating group) is 1. The smallest absolute Gasteiger partial charge is 0.0781 e. The molecule has 0 bridgehead atoms. The van der Waals surface area contributed by atoms with Crippen LogP contribution in [0, 0.1) is 13.8 Å². The molecule has 1 N–H and O–H groups in total. The zero-order valence-electron chi connectivity index (χ0n) is 12.8. The largest absolute Gasteiger partial charge is 0.379 e. The second-order valence-electron chi connectivity index (χ2n) is 5.00. The van der Waals surface area contributed by atoms with Crippen LogP contribution in [0.3, 0.4) is 0 Å². The van der Waals surface area contributed by atoms with Gasteiger partial charge in [0.25, 0.3) is 0 Å². The summed E-state index contributed by atoms with van der Waals surface area (Å²) in [6.07, 6.45) is 0.126. The molecule has 0 saturated heterocycles. The molecule has 0 aromatic heterocycles. The highest BCUT2D eigenvalue weighted by Gasteiger charge is 2.14. The van der Waals surface area contributed by atoms with E-state index < -0.39 is 0 Å². The molecule has 108 valence electrons. The van der Waals surface area contributed by atoms with E-state index in [9.17, 15) is 0 Å². The zero-order chi connectivity index (χ0) is 14.3. The van der Waals surface area contributed by atoms with Crippen molar-refractivity contribution >= 4 is 0 Å². The summed E-state index contributed by atoms with van der Waals surface area (Å²) in [5.41, 5.74) is 3.89. The molecule has 3 nitrogen and oxygen atoms in total. The molecule has 19 heavy (non-hydrogen) atoms. The van der Waals surface area contributed by atoms with Crippen LogP contribution in [0.1, 0.15) is 36.6 Å². The van der Waals surface area contributed by atoms with Crippen molar-refractivity contribution in [3.8, 4) is 0 Å². The van der Waals surface area contributed by atoms with Crippen LogP contribution in [0.25, 0.3) is 0 Å². The fraction of sp³-hybridized carbons (Fsp3) is 0.625. The third-order valence-electron chi connectivity index (χ3n) is 3.26. The standard InChI is InChI=1S/C16H27NO2/c1-6-18-10-14(4)19-11-16(17-5)15-9-12(2)7-8-13(15)3/h7-9,14,16-17H,6,10-11H2,1-5H3. The predicted molar refractivity (Wildman–Crippen MR) is 79.6 cm³/mol. The molecule has 1 aromatic rings. The molecular formula is C16H27NO2. The van der Waals surface area contributed by atoms with Gasteiger partial charge in [-0.2, -0.15) is 0 Å². The van der Waals surface area contributed by atoms with Gasteiger partial charge in [0.05, 0.1) is 25.4 Å². The monoisotopic (exact) mass is 265 g/mol. The SMILES string of the molecule is CCOCC(C)OCC(NC)c1cc(C)ccc1C. The van der Waals surface area contributed by atoms with Gasteiger partial charge in [-0.25, -0.2) is 0 Å². The maximum Gasteiger partial charge on any atom is 0.0781 e. The molecule has 0 heterocycles. The average molecular weight is 265 g/mol. The highest BCUT2D eigenvalue weighted by atomic mass is 16.5. The summed E-state index contributed by atoms with van der Waals surface area (Å²) in [5.74, 6) is 0. The Morgan fingerprint density at radius 1 is 1.21 bits per heavy atom.